The predicted octanol–water partition coefficient (Wildman–Crippen LogP) is 2.92. The van der Waals surface area contributed by atoms with Crippen molar-refractivity contribution < 1.29 is 23.7 Å². The van der Waals surface area contributed by atoms with Crippen LogP contribution in [0.2, 0.25) is 0 Å². The van der Waals surface area contributed by atoms with Gasteiger partial charge in [0.15, 0.2) is 6.29 Å². The van der Waals surface area contributed by atoms with Crippen molar-refractivity contribution in [3.05, 3.63) is 24.4 Å². The highest BCUT2D eigenvalue weighted by molar-refractivity contribution is 5.85. The molecule has 9 nitrogen and oxygen atoms in total. The minimum Gasteiger partial charge on any atom is -0.474 e. The molecule has 1 N–H and O–H groups in total. The van der Waals surface area contributed by atoms with E-state index in [1.54, 1.807) is 6.20 Å². The fourth-order valence-electron chi connectivity index (χ4n) is 4.54. The number of carbonyl (C=O) groups is 1. The number of pyridine rings is 2. The summed E-state index contributed by atoms with van der Waals surface area (Å²) < 4.78 is 22.9. The molecule has 1 aliphatic heterocycles. The molecule has 2 aliphatic rings. The number of hydrogen-bond acceptors (Lipinski definition) is 8. The third-order valence-electron chi connectivity index (χ3n) is 6.36. The van der Waals surface area contributed by atoms with Crippen LogP contribution in [0, 0.1) is 5.92 Å². The number of fused-ring (bicyclic) bond motifs is 1. The summed E-state index contributed by atoms with van der Waals surface area (Å²) in [6.07, 6.45) is 4.60. The summed E-state index contributed by atoms with van der Waals surface area (Å²) in [7, 11) is 0. The van der Waals surface area contributed by atoms with Crippen LogP contribution >= 0.6 is 0 Å². The molecule has 0 atom stereocenters. The van der Waals surface area contributed by atoms with E-state index in [-0.39, 0.29) is 17.9 Å². The minimum absolute atomic E-state index is 0.0187. The largest absolute Gasteiger partial charge is 0.474 e. The fraction of sp³-hybridized carbons (Fsp3) is 0.640. The smallest absolute Gasteiger partial charge is 0.225 e. The van der Waals surface area contributed by atoms with E-state index < -0.39 is 6.29 Å². The number of carbonyl (C=O) groups excluding carboxylic acids is 1. The lowest BCUT2D eigenvalue weighted by atomic mass is 9.86. The van der Waals surface area contributed by atoms with Crippen molar-refractivity contribution in [2.75, 3.05) is 51.0 Å². The second-order valence-corrected chi connectivity index (χ2v) is 8.63. The quantitative estimate of drug-likeness (QED) is 0.528. The molecule has 2 aromatic rings. The van der Waals surface area contributed by atoms with Crippen LogP contribution in [-0.4, -0.2) is 74.3 Å². The van der Waals surface area contributed by atoms with E-state index >= 15 is 0 Å². The summed E-state index contributed by atoms with van der Waals surface area (Å²) >= 11 is 0. The van der Waals surface area contributed by atoms with Crippen LogP contribution in [0.3, 0.4) is 0 Å². The van der Waals surface area contributed by atoms with Gasteiger partial charge in [-0.2, -0.15) is 4.98 Å². The van der Waals surface area contributed by atoms with E-state index in [4.69, 9.17) is 23.9 Å². The predicted molar refractivity (Wildman–Crippen MR) is 129 cm³/mol. The molecule has 3 heterocycles. The van der Waals surface area contributed by atoms with E-state index in [1.807, 2.05) is 32.0 Å². The van der Waals surface area contributed by atoms with Gasteiger partial charge in [0.05, 0.1) is 30.7 Å². The highest BCUT2D eigenvalue weighted by Crippen LogP contribution is 2.32. The molecule has 9 heteroatoms. The number of nitrogens with zero attached hydrogens (tertiary/aromatic N) is 3. The maximum Gasteiger partial charge on any atom is 0.225 e. The summed E-state index contributed by atoms with van der Waals surface area (Å²) in [5, 5.41) is 3.90. The maximum atomic E-state index is 12.7. The van der Waals surface area contributed by atoms with Crippen molar-refractivity contribution in [3.8, 4) is 5.88 Å². The third-order valence-corrected chi connectivity index (χ3v) is 6.36. The lowest BCUT2D eigenvalue weighted by Crippen LogP contribution is -2.40. The first kappa shape index (κ1) is 24.6. The number of amides is 1. The molecule has 1 amide bonds. The Morgan fingerprint density at radius 1 is 1.18 bits per heavy atom. The Hall–Kier alpha value is -2.49. The number of ether oxygens (including phenoxy) is 4. The van der Waals surface area contributed by atoms with Crippen LogP contribution in [0.4, 0.5) is 5.82 Å². The molecule has 0 bridgehead atoms. The minimum atomic E-state index is -0.398. The molecule has 2 aromatic heterocycles. The molecule has 186 valence electrons. The van der Waals surface area contributed by atoms with Crippen LogP contribution in [-0.2, 0) is 19.0 Å². The standard InChI is InChI=1S/C25H36N4O5/c1-3-32-23(33-4-2)17-27-24(30)18-7-9-19(10-8-18)34-25-20-6-5-11-26-21(20)16-22(28-25)29-12-14-31-15-13-29/h5-6,11,16,18-19,23H,3-4,7-10,12-15,17H2,1-2H3,(H,27,30)/t18-,19+. The maximum absolute atomic E-state index is 12.7. The van der Waals surface area contributed by atoms with Gasteiger partial charge in [0.25, 0.3) is 0 Å². The summed E-state index contributed by atoms with van der Waals surface area (Å²) in [4.78, 5) is 24.3. The number of aromatic nitrogens is 2. The monoisotopic (exact) mass is 472 g/mol. The Bertz CT molecular complexity index is 923. The number of morpholine rings is 1. The van der Waals surface area contributed by atoms with Gasteiger partial charge in [-0.15, -0.1) is 0 Å². The van der Waals surface area contributed by atoms with Crippen molar-refractivity contribution in [3.63, 3.8) is 0 Å². The van der Waals surface area contributed by atoms with Gasteiger partial charge in [0, 0.05) is 44.5 Å². The topological polar surface area (TPSA) is 95.0 Å². The van der Waals surface area contributed by atoms with Crippen molar-refractivity contribution in [2.24, 2.45) is 5.92 Å². The third kappa shape index (κ3) is 6.34. The number of anilines is 1. The van der Waals surface area contributed by atoms with E-state index in [2.05, 4.69) is 15.2 Å². The van der Waals surface area contributed by atoms with E-state index in [0.29, 0.717) is 38.9 Å². The van der Waals surface area contributed by atoms with Gasteiger partial charge in [-0.05, 0) is 51.7 Å². The molecular weight excluding hydrogens is 436 g/mol. The molecule has 2 fully saturated rings. The average molecular weight is 473 g/mol. The summed E-state index contributed by atoms with van der Waals surface area (Å²) in [6, 6.07) is 5.93. The van der Waals surface area contributed by atoms with Gasteiger partial charge in [0.1, 0.15) is 11.9 Å². The van der Waals surface area contributed by atoms with Crippen LogP contribution in [0.25, 0.3) is 10.9 Å². The first-order valence-electron chi connectivity index (χ1n) is 12.4. The molecule has 0 aromatic carbocycles. The Balaban J connectivity index is 1.35. The van der Waals surface area contributed by atoms with Crippen LogP contribution in [0.1, 0.15) is 39.5 Å². The van der Waals surface area contributed by atoms with Crippen molar-refractivity contribution in [1.29, 1.82) is 0 Å². The molecule has 1 aliphatic carbocycles. The van der Waals surface area contributed by atoms with Gasteiger partial charge in [-0.3, -0.25) is 9.78 Å². The molecule has 0 spiro atoms. The van der Waals surface area contributed by atoms with Gasteiger partial charge in [-0.25, -0.2) is 0 Å². The van der Waals surface area contributed by atoms with Crippen molar-refractivity contribution >= 4 is 22.6 Å². The first-order valence-corrected chi connectivity index (χ1v) is 12.4. The van der Waals surface area contributed by atoms with Gasteiger partial charge >= 0.3 is 0 Å². The van der Waals surface area contributed by atoms with Crippen molar-refractivity contribution in [2.45, 2.75) is 51.9 Å². The number of nitrogens with one attached hydrogen (secondary N) is 1. The summed E-state index contributed by atoms with van der Waals surface area (Å²) in [5.74, 6) is 1.53. The zero-order valence-corrected chi connectivity index (χ0v) is 20.2. The summed E-state index contributed by atoms with van der Waals surface area (Å²) in [5.41, 5.74) is 0.875. The zero-order valence-electron chi connectivity index (χ0n) is 20.2. The van der Waals surface area contributed by atoms with Crippen LogP contribution < -0.4 is 15.0 Å². The number of hydrogen-bond donors (Lipinski definition) is 1. The van der Waals surface area contributed by atoms with Crippen LogP contribution in [0.15, 0.2) is 24.4 Å². The molecular formula is C25H36N4O5. The average Bonchev–Trinajstić information content (AvgIpc) is 2.88. The number of rotatable bonds is 10. The second-order valence-electron chi connectivity index (χ2n) is 8.63. The normalized spacial score (nSPS) is 21.1. The van der Waals surface area contributed by atoms with Crippen molar-refractivity contribution in [1.82, 2.24) is 15.3 Å². The molecule has 1 saturated carbocycles. The lowest BCUT2D eigenvalue weighted by molar-refractivity contribution is -0.142. The Morgan fingerprint density at radius 2 is 1.91 bits per heavy atom. The molecule has 4 rings (SSSR count). The highest BCUT2D eigenvalue weighted by atomic mass is 16.7. The van der Waals surface area contributed by atoms with E-state index in [1.165, 1.54) is 0 Å². The SMILES string of the molecule is CCOC(CNC(=O)[C@H]1CC[C@@H](Oc2nc(N3CCOCC3)cc3ncccc23)CC1)OCC. The first-order chi connectivity index (χ1) is 16.7. The highest BCUT2D eigenvalue weighted by Gasteiger charge is 2.28. The van der Waals surface area contributed by atoms with Gasteiger partial charge in [-0.1, -0.05) is 0 Å². The van der Waals surface area contributed by atoms with Crippen LogP contribution in [0.5, 0.6) is 5.88 Å². The lowest BCUT2D eigenvalue weighted by Gasteiger charge is -2.30. The summed E-state index contributed by atoms with van der Waals surface area (Å²) in [6.45, 7) is 8.30. The fourth-order valence-corrected chi connectivity index (χ4v) is 4.54. The zero-order chi connectivity index (χ0) is 23.8. The Kier molecular flexibility index (Phi) is 8.90. The van der Waals surface area contributed by atoms with E-state index in [9.17, 15) is 4.79 Å². The van der Waals surface area contributed by atoms with E-state index in [0.717, 1.165) is 55.5 Å². The van der Waals surface area contributed by atoms with Gasteiger partial charge in [0.2, 0.25) is 11.8 Å². The van der Waals surface area contributed by atoms with Gasteiger partial charge < -0.3 is 29.2 Å². The molecule has 0 unspecified atom stereocenters. The Morgan fingerprint density at radius 3 is 2.62 bits per heavy atom. The molecule has 1 saturated heterocycles. The molecule has 0 radical (unpaired) electrons. The molecule has 34 heavy (non-hydrogen) atoms. The Labute approximate surface area is 201 Å². The second kappa shape index (κ2) is 12.3.